The highest BCUT2D eigenvalue weighted by Gasteiger charge is 2.31. The Morgan fingerprint density at radius 1 is 1.23 bits per heavy atom. The summed E-state index contributed by atoms with van der Waals surface area (Å²) in [4.78, 5) is 26.7. The summed E-state index contributed by atoms with van der Waals surface area (Å²) in [5, 5.41) is 8.21. The summed E-state index contributed by atoms with van der Waals surface area (Å²) in [5.41, 5.74) is 1.19. The van der Waals surface area contributed by atoms with E-state index in [4.69, 9.17) is 0 Å². The second kappa shape index (κ2) is 8.81. The average Bonchev–Trinajstić information content (AvgIpc) is 2.65. The zero-order valence-corrected chi connectivity index (χ0v) is 15.3. The average molecular weight is 353 g/mol. The Morgan fingerprint density at radius 2 is 2.04 bits per heavy atom. The first-order chi connectivity index (χ1) is 12.7. The molecule has 5 nitrogen and oxygen atoms in total. The lowest BCUT2D eigenvalue weighted by molar-refractivity contribution is -0.134. The van der Waals surface area contributed by atoms with Gasteiger partial charge in [0.1, 0.15) is 0 Å². The summed E-state index contributed by atoms with van der Waals surface area (Å²) in [5.74, 6) is -0.106. The summed E-state index contributed by atoms with van der Waals surface area (Å²) >= 11 is 0. The molecule has 138 valence electrons. The SMILES string of the molecule is CCCCNC(=O)C[C@H]1C(=O)NCCN1Cc1cccc2ccccc12. The van der Waals surface area contributed by atoms with Crippen LogP contribution in [-0.4, -0.2) is 42.4 Å². The molecule has 0 aromatic heterocycles. The molecule has 1 aliphatic rings. The van der Waals surface area contributed by atoms with E-state index in [9.17, 15) is 9.59 Å². The molecule has 1 atom stereocenters. The first-order valence-electron chi connectivity index (χ1n) is 9.44. The van der Waals surface area contributed by atoms with Crippen LogP contribution in [0.15, 0.2) is 42.5 Å². The van der Waals surface area contributed by atoms with E-state index in [-0.39, 0.29) is 18.2 Å². The van der Waals surface area contributed by atoms with E-state index < -0.39 is 6.04 Å². The van der Waals surface area contributed by atoms with Crippen molar-refractivity contribution in [2.24, 2.45) is 0 Å². The number of piperazine rings is 1. The molecule has 0 unspecified atom stereocenters. The van der Waals surface area contributed by atoms with Crippen LogP contribution in [0, 0.1) is 0 Å². The standard InChI is InChI=1S/C21H27N3O2/c1-2-3-11-22-20(25)14-19-21(26)23-12-13-24(19)15-17-9-6-8-16-7-4-5-10-18(16)17/h4-10,19H,2-3,11-15H2,1H3,(H,22,25)(H,23,26)/t19-/m0/s1. The van der Waals surface area contributed by atoms with Crippen LogP contribution in [0.25, 0.3) is 10.8 Å². The summed E-state index contributed by atoms with van der Waals surface area (Å²) in [6, 6.07) is 14.1. The van der Waals surface area contributed by atoms with Gasteiger partial charge in [-0.25, -0.2) is 0 Å². The lowest BCUT2D eigenvalue weighted by atomic mass is 10.0. The first-order valence-corrected chi connectivity index (χ1v) is 9.44. The predicted octanol–water partition coefficient (Wildman–Crippen LogP) is 2.45. The molecule has 0 spiro atoms. The maximum Gasteiger partial charge on any atom is 0.237 e. The number of unbranched alkanes of at least 4 members (excludes halogenated alkanes) is 1. The van der Waals surface area contributed by atoms with E-state index in [1.807, 2.05) is 18.2 Å². The van der Waals surface area contributed by atoms with E-state index in [0.29, 0.717) is 19.6 Å². The normalized spacial score (nSPS) is 17.9. The molecule has 2 N–H and O–H groups in total. The molecule has 2 amide bonds. The van der Waals surface area contributed by atoms with Gasteiger partial charge in [-0.15, -0.1) is 0 Å². The summed E-state index contributed by atoms with van der Waals surface area (Å²) in [6.45, 7) is 4.81. The van der Waals surface area contributed by atoms with Crippen LogP contribution >= 0.6 is 0 Å². The minimum Gasteiger partial charge on any atom is -0.356 e. The molecule has 2 aromatic carbocycles. The Balaban J connectivity index is 1.73. The molecule has 26 heavy (non-hydrogen) atoms. The number of rotatable bonds is 7. The van der Waals surface area contributed by atoms with Crippen LogP contribution in [0.4, 0.5) is 0 Å². The van der Waals surface area contributed by atoms with Crippen molar-refractivity contribution in [3.63, 3.8) is 0 Å². The molecule has 0 saturated carbocycles. The molecule has 0 radical (unpaired) electrons. The highest BCUT2D eigenvalue weighted by Crippen LogP contribution is 2.22. The Hall–Kier alpha value is -2.40. The molecule has 1 fully saturated rings. The number of amides is 2. The zero-order chi connectivity index (χ0) is 18.4. The van der Waals surface area contributed by atoms with Gasteiger partial charge in [0, 0.05) is 26.2 Å². The van der Waals surface area contributed by atoms with Gasteiger partial charge in [-0.2, -0.15) is 0 Å². The van der Waals surface area contributed by atoms with Crippen LogP contribution in [0.5, 0.6) is 0 Å². The molecular weight excluding hydrogens is 326 g/mol. The predicted molar refractivity (Wildman–Crippen MR) is 104 cm³/mol. The van der Waals surface area contributed by atoms with Crippen molar-refractivity contribution in [2.75, 3.05) is 19.6 Å². The minimum atomic E-state index is -0.413. The maximum atomic E-state index is 12.4. The Labute approximate surface area is 154 Å². The van der Waals surface area contributed by atoms with Gasteiger partial charge >= 0.3 is 0 Å². The lowest BCUT2D eigenvalue weighted by Gasteiger charge is -2.35. The van der Waals surface area contributed by atoms with Crippen molar-refractivity contribution < 1.29 is 9.59 Å². The smallest absolute Gasteiger partial charge is 0.237 e. The summed E-state index contributed by atoms with van der Waals surface area (Å²) < 4.78 is 0. The third-order valence-corrected chi connectivity index (χ3v) is 4.93. The number of fused-ring (bicyclic) bond motifs is 1. The van der Waals surface area contributed by atoms with Gasteiger partial charge in [0.25, 0.3) is 0 Å². The van der Waals surface area contributed by atoms with Gasteiger partial charge in [0.05, 0.1) is 12.5 Å². The molecule has 0 bridgehead atoms. The van der Waals surface area contributed by atoms with Gasteiger partial charge in [-0.1, -0.05) is 55.8 Å². The van der Waals surface area contributed by atoms with Gasteiger partial charge in [-0.05, 0) is 22.8 Å². The van der Waals surface area contributed by atoms with Crippen LogP contribution in [-0.2, 0) is 16.1 Å². The van der Waals surface area contributed by atoms with Crippen molar-refractivity contribution in [2.45, 2.75) is 38.8 Å². The zero-order valence-electron chi connectivity index (χ0n) is 15.3. The fraction of sp³-hybridized carbons (Fsp3) is 0.429. The minimum absolute atomic E-state index is 0.0524. The molecule has 1 heterocycles. The van der Waals surface area contributed by atoms with Crippen molar-refractivity contribution in [1.29, 1.82) is 0 Å². The molecule has 1 saturated heterocycles. The molecule has 5 heteroatoms. The Kier molecular flexibility index (Phi) is 6.23. The number of hydrogen-bond acceptors (Lipinski definition) is 3. The fourth-order valence-electron chi connectivity index (χ4n) is 3.47. The van der Waals surface area contributed by atoms with E-state index in [1.54, 1.807) is 0 Å². The lowest BCUT2D eigenvalue weighted by Crippen LogP contribution is -2.56. The molecule has 2 aromatic rings. The van der Waals surface area contributed by atoms with E-state index >= 15 is 0 Å². The van der Waals surface area contributed by atoms with Crippen LogP contribution in [0.1, 0.15) is 31.7 Å². The second-order valence-electron chi connectivity index (χ2n) is 6.82. The topological polar surface area (TPSA) is 61.4 Å². The van der Waals surface area contributed by atoms with Gasteiger partial charge in [-0.3, -0.25) is 14.5 Å². The Morgan fingerprint density at radius 3 is 2.88 bits per heavy atom. The van der Waals surface area contributed by atoms with Crippen molar-refractivity contribution in [1.82, 2.24) is 15.5 Å². The molecular formula is C21H27N3O2. The second-order valence-corrected chi connectivity index (χ2v) is 6.82. The number of nitrogens with one attached hydrogen (secondary N) is 2. The first kappa shape index (κ1) is 18.4. The maximum absolute atomic E-state index is 12.4. The molecule has 0 aliphatic carbocycles. The largest absolute Gasteiger partial charge is 0.356 e. The van der Waals surface area contributed by atoms with Gasteiger partial charge < -0.3 is 10.6 Å². The third-order valence-electron chi connectivity index (χ3n) is 4.93. The molecule has 3 rings (SSSR count). The number of benzene rings is 2. The van der Waals surface area contributed by atoms with Crippen LogP contribution < -0.4 is 10.6 Å². The Bertz CT molecular complexity index is 769. The van der Waals surface area contributed by atoms with Crippen molar-refractivity contribution >= 4 is 22.6 Å². The third kappa shape index (κ3) is 4.41. The molecule has 1 aliphatic heterocycles. The van der Waals surface area contributed by atoms with E-state index in [1.165, 1.54) is 16.3 Å². The number of hydrogen-bond donors (Lipinski definition) is 2. The highest BCUT2D eigenvalue weighted by molar-refractivity contribution is 5.89. The van der Waals surface area contributed by atoms with Crippen LogP contribution in [0.3, 0.4) is 0 Å². The van der Waals surface area contributed by atoms with Gasteiger partial charge in [0.2, 0.25) is 11.8 Å². The summed E-state index contributed by atoms with van der Waals surface area (Å²) in [6.07, 6.45) is 2.21. The van der Waals surface area contributed by atoms with Crippen molar-refractivity contribution in [3.8, 4) is 0 Å². The number of nitrogens with zero attached hydrogens (tertiary/aromatic N) is 1. The summed E-state index contributed by atoms with van der Waals surface area (Å²) in [7, 11) is 0. The monoisotopic (exact) mass is 353 g/mol. The van der Waals surface area contributed by atoms with Gasteiger partial charge in [0.15, 0.2) is 0 Å². The highest BCUT2D eigenvalue weighted by atomic mass is 16.2. The van der Waals surface area contributed by atoms with E-state index in [2.05, 4.69) is 46.7 Å². The van der Waals surface area contributed by atoms with E-state index in [0.717, 1.165) is 19.4 Å². The van der Waals surface area contributed by atoms with Crippen LogP contribution in [0.2, 0.25) is 0 Å². The fourth-order valence-corrected chi connectivity index (χ4v) is 3.47. The van der Waals surface area contributed by atoms with Crippen molar-refractivity contribution in [3.05, 3.63) is 48.0 Å². The number of carbonyl (C=O) groups excluding carboxylic acids is 2. The quantitative estimate of drug-likeness (QED) is 0.752. The number of carbonyl (C=O) groups is 2.